The van der Waals surface area contributed by atoms with Crippen LogP contribution in [-0.2, 0) is 13.0 Å². The maximum atomic E-state index is 12.1. The first-order valence-corrected chi connectivity index (χ1v) is 7.77. The second kappa shape index (κ2) is 8.50. The summed E-state index contributed by atoms with van der Waals surface area (Å²) >= 11 is 6.02. The Morgan fingerprint density at radius 3 is 2.61 bits per heavy atom. The minimum Gasteiger partial charge on any atom is -0.477 e. The monoisotopic (exact) mass is 334 g/mol. The summed E-state index contributed by atoms with van der Waals surface area (Å²) in [5.74, 6) is 0.101. The van der Waals surface area contributed by atoms with Gasteiger partial charge in [0.2, 0.25) is 5.88 Å². The summed E-state index contributed by atoms with van der Waals surface area (Å²) < 4.78 is 5.24. The second-order valence-electron chi connectivity index (χ2n) is 4.92. The van der Waals surface area contributed by atoms with Crippen LogP contribution in [0.1, 0.15) is 28.4 Å². The first kappa shape index (κ1) is 17.2. The van der Waals surface area contributed by atoms with Crippen LogP contribution in [0.5, 0.6) is 5.88 Å². The Morgan fingerprint density at radius 2 is 2.00 bits per heavy atom. The number of hydrogen-bond acceptors (Lipinski definition) is 4. The van der Waals surface area contributed by atoms with E-state index in [0.29, 0.717) is 36.0 Å². The highest BCUT2D eigenvalue weighted by atomic mass is 35.5. The Hall–Kier alpha value is -2.11. The number of aliphatic hydroxyl groups excluding tert-OH is 1. The zero-order valence-electron chi connectivity index (χ0n) is 12.9. The third-order valence-electron chi connectivity index (χ3n) is 3.26. The molecule has 1 aromatic heterocycles. The first-order chi connectivity index (χ1) is 11.1. The highest BCUT2D eigenvalue weighted by molar-refractivity contribution is 6.32. The fourth-order valence-corrected chi connectivity index (χ4v) is 2.25. The molecule has 0 aliphatic heterocycles. The number of aromatic nitrogens is 1. The lowest BCUT2D eigenvalue weighted by molar-refractivity contribution is 0.0953. The number of ether oxygens (including phenoxy) is 1. The van der Waals surface area contributed by atoms with Crippen LogP contribution < -0.4 is 10.1 Å². The molecular formula is C17H19ClN2O3. The molecule has 2 rings (SSSR count). The summed E-state index contributed by atoms with van der Waals surface area (Å²) in [6.07, 6.45) is 2.15. The number of rotatable bonds is 7. The summed E-state index contributed by atoms with van der Waals surface area (Å²) in [5.41, 5.74) is 2.35. The Balaban J connectivity index is 1.87. The third kappa shape index (κ3) is 4.94. The Morgan fingerprint density at radius 1 is 1.30 bits per heavy atom. The fourth-order valence-electron chi connectivity index (χ4n) is 2.03. The molecule has 0 aliphatic rings. The molecule has 0 aliphatic carbocycles. The van der Waals surface area contributed by atoms with Gasteiger partial charge in [-0.25, -0.2) is 4.98 Å². The molecule has 23 heavy (non-hydrogen) atoms. The largest absolute Gasteiger partial charge is 0.477 e. The van der Waals surface area contributed by atoms with Gasteiger partial charge in [-0.1, -0.05) is 35.9 Å². The summed E-state index contributed by atoms with van der Waals surface area (Å²) in [5, 5.41) is 12.1. The van der Waals surface area contributed by atoms with E-state index in [4.69, 9.17) is 21.4 Å². The van der Waals surface area contributed by atoms with Crippen molar-refractivity contribution in [3.63, 3.8) is 0 Å². The van der Waals surface area contributed by atoms with E-state index in [-0.39, 0.29) is 12.5 Å². The first-order valence-electron chi connectivity index (χ1n) is 7.39. The predicted molar refractivity (Wildman–Crippen MR) is 88.8 cm³/mol. The van der Waals surface area contributed by atoms with Crippen molar-refractivity contribution >= 4 is 17.5 Å². The van der Waals surface area contributed by atoms with Crippen molar-refractivity contribution in [3.8, 4) is 5.88 Å². The highest BCUT2D eigenvalue weighted by Gasteiger charge is 2.10. The van der Waals surface area contributed by atoms with E-state index >= 15 is 0 Å². The van der Waals surface area contributed by atoms with Gasteiger partial charge in [0.1, 0.15) is 5.02 Å². The topological polar surface area (TPSA) is 71.5 Å². The lowest BCUT2D eigenvalue weighted by atomic mass is 10.1. The van der Waals surface area contributed by atoms with Gasteiger partial charge in [0, 0.05) is 12.7 Å². The number of pyridine rings is 1. The zero-order chi connectivity index (χ0) is 16.7. The molecule has 122 valence electrons. The van der Waals surface area contributed by atoms with E-state index in [0.717, 1.165) is 11.1 Å². The van der Waals surface area contributed by atoms with Gasteiger partial charge in [0.15, 0.2) is 0 Å². The summed E-state index contributed by atoms with van der Waals surface area (Å²) in [7, 11) is 0. The van der Waals surface area contributed by atoms with Crippen molar-refractivity contribution in [2.75, 3.05) is 13.2 Å². The second-order valence-corrected chi connectivity index (χ2v) is 5.33. The maximum absolute atomic E-state index is 12.1. The molecular weight excluding hydrogens is 316 g/mol. The molecule has 1 heterocycles. The number of nitrogens with zero attached hydrogens (tertiary/aromatic N) is 1. The minimum atomic E-state index is -0.227. The molecule has 0 unspecified atom stereocenters. The molecule has 0 saturated heterocycles. The smallest absolute Gasteiger partial charge is 0.252 e. The Kier molecular flexibility index (Phi) is 6.38. The van der Waals surface area contributed by atoms with Gasteiger partial charge in [-0.05, 0) is 30.5 Å². The number of nitrogens with one attached hydrogen (secondary N) is 1. The van der Waals surface area contributed by atoms with Crippen LogP contribution >= 0.6 is 11.6 Å². The average molecular weight is 335 g/mol. The van der Waals surface area contributed by atoms with Crippen LogP contribution in [0, 0.1) is 0 Å². The van der Waals surface area contributed by atoms with Crippen molar-refractivity contribution in [2.45, 2.75) is 20.0 Å². The van der Waals surface area contributed by atoms with Gasteiger partial charge in [-0.3, -0.25) is 4.79 Å². The highest BCUT2D eigenvalue weighted by Crippen LogP contribution is 2.22. The predicted octanol–water partition coefficient (Wildman–Crippen LogP) is 2.60. The number of halogens is 1. The van der Waals surface area contributed by atoms with Crippen LogP contribution in [0.15, 0.2) is 36.5 Å². The molecule has 0 radical (unpaired) electrons. The van der Waals surface area contributed by atoms with Gasteiger partial charge in [0.25, 0.3) is 5.91 Å². The quantitative estimate of drug-likeness (QED) is 0.816. The van der Waals surface area contributed by atoms with Crippen LogP contribution in [0.4, 0.5) is 0 Å². The van der Waals surface area contributed by atoms with E-state index in [9.17, 15) is 4.79 Å². The fraction of sp³-hybridized carbons (Fsp3) is 0.294. The molecule has 0 bridgehead atoms. The lowest BCUT2D eigenvalue weighted by Crippen LogP contribution is -2.25. The van der Waals surface area contributed by atoms with Gasteiger partial charge < -0.3 is 15.2 Å². The molecule has 6 heteroatoms. The zero-order valence-corrected chi connectivity index (χ0v) is 13.6. The van der Waals surface area contributed by atoms with Crippen molar-refractivity contribution in [2.24, 2.45) is 0 Å². The molecule has 2 N–H and O–H groups in total. The molecule has 1 amide bonds. The van der Waals surface area contributed by atoms with Gasteiger partial charge >= 0.3 is 0 Å². The molecule has 0 saturated carbocycles. The lowest BCUT2D eigenvalue weighted by Gasteiger charge is -2.08. The summed E-state index contributed by atoms with van der Waals surface area (Å²) in [6.45, 7) is 2.84. The molecule has 1 aromatic carbocycles. The number of aliphatic hydroxyl groups is 1. The van der Waals surface area contributed by atoms with Crippen molar-refractivity contribution in [3.05, 3.63) is 58.2 Å². The van der Waals surface area contributed by atoms with E-state index < -0.39 is 0 Å². The van der Waals surface area contributed by atoms with Crippen molar-refractivity contribution in [1.29, 1.82) is 0 Å². The van der Waals surface area contributed by atoms with Crippen LogP contribution in [0.25, 0.3) is 0 Å². The Bertz CT molecular complexity index is 659. The third-order valence-corrected chi connectivity index (χ3v) is 3.53. The van der Waals surface area contributed by atoms with Gasteiger partial charge in [-0.15, -0.1) is 0 Å². The van der Waals surface area contributed by atoms with Gasteiger partial charge in [-0.2, -0.15) is 0 Å². The molecule has 2 aromatic rings. The number of amides is 1. The molecule has 0 fully saturated rings. The van der Waals surface area contributed by atoms with E-state index in [1.165, 1.54) is 6.20 Å². The van der Waals surface area contributed by atoms with Crippen LogP contribution in [-0.4, -0.2) is 29.1 Å². The number of carbonyl (C=O) groups excluding carboxylic acids is 1. The normalized spacial score (nSPS) is 10.4. The van der Waals surface area contributed by atoms with Gasteiger partial charge in [0.05, 0.1) is 18.8 Å². The maximum Gasteiger partial charge on any atom is 0.252 e. The minimum absolute atomic E-state index is 0.0303. The van der Waals surface area contributed by atoms with Crippen molar-refractivity contribution < 1.29 is 14.6 Å². The SMILES string of the molecule is CCOc1ncc(C(=O)NCCc2ccc(CO)cc2)cc1Cl. The van der Waals surface area contributed by atoms with E-state index in [1.54, 1.807) is 6.07 Å². The number of benzene rings is 1. The van der Waals surface area contributed by atoms with Crippen molar-refractivity contribution in [1.82, 2.24) is 10.3 Å². The van der Waals surface area contributed by atoms with E-state index in [2.05, 4.69) is 10.3 Å². The Labute approximate surface area is 140 Å². The van der Waals surface area contributed by atoms with E-state index in [1.807, 2.05) is 31.2 Å². The molecule has 0 spiro atoms. The molecule has 5 nitrogen and oxygen atoms in total. The summed E-state index contributed by atoms with van der Waals surface area (Å²) in [6, 6.07) is 9.16. The van der Waals surface area contributed by atoms with Crippen LogP contribution in [0.2, 0.25) is 5.02 Å². The summed E-state index contributed by atoms with van der Waals surface area (Å²) in [4.78, 5) is 16.1. The number of carbonyl (C=O) groups is 1. The van der Waals surface area contributed by atoms with Crippen LogP contribution in [0.3, 0.4) is 0 Å². The average Bonchev–Trinajstić information content (AvgIpc) is 2.57. The molecule has 0 atom stereocenters. The standard InChI is InChI=1S/C17H19ClN2O3/c1-2-23-17-15(18)9-14(10-20-17)16(22)19-8-7-12-3-5-13(11-21)6-4-12/h3-6,9-10,21H,2,7-8,11H2,1H3,(H,19,22). The number of hydrogen-bond donors (Lipinski definition) is 2.